The van der Waals surface area contributed by atoms with Gasteiger partial charge in [-0.15, -0.1) is 24.0 Å². The number of hydrogen-bond acceptors (Lipinski definition) is 5. The number of aromatic nitrogens is 1. The molecule has 7 nitrogen and oxygen atoms in total. The second-order valence-corrected chi connectivity index (χ2v) is 6.24. The molecule has 0 aliphatic carbocycles. The smallest absolute Gasteiger partial charge is 0.193 e. The summed E-state index contributed by atoms with van der Waals surface area (Å²) in [6.45, 7) is 6.27. The van der Waals surface area contributed by atoms with Crippen LogP contribution in [-0.2, 0) is 6.54 Å². The average molecular weight is 485 g/mol. The van der Waals surface area contributed by atoms with Crippen molar-refractivity contribution < 1.29 is 9.26 Å². The van der Waals surface area contributed by atoms with E-state index in [1.165, 1.54) is 0 Å². The van der Waals surface area contributed by atoms with Gasteiger partial charge >= 0.3 is 0 Å². The van der Waals surface area contributed by atoms with Gasteiger partial charge in [-0.2, -0.15) is 0 Å². The summed E-state index contributed by atoms with van der Waals surface area (Å²) in [4.78, 5) is 9.10. The first-order valence-electron chi connectivity index (χ1n) is 9.10. The van der Waals surface area contributed by atoms with Gasteiger partial charge in [-0.25, -0.2) is 0 Å². The molecule has 2 aromatic rings. The molecule has 8 heteroatoms. The van der Waals surface area contributed by atoms with Gasteiger partial charge in [0, 0.05) is 52.4 Å². The fourth-order valence-corrected chi connectivity index (χ4v) is 2.98. The van der Waals surface area contributed by atoms with Gasteiger partial charge in [-0.1, -0.05) is 23.4 Å². The SMILES string of the molecule is CN=C(NCCCOc1ccccc1)N1CCN(Cc2ccon2)CC1.I. The molecule has 148 valence electrons. The van der Waals surface area contributed by atoms with E-state index >= 15 is 0 Å². The van der Waals surface area contributed by atoms with Crippen LogP contribution in [-0.4, -0.2) is 67.3 Å². The molecule has 0 unspecified atom stereocenters. The monoisotopic (exact) mass is 485 g/mol. The minimum atomic E-state index is 0. The average Bonchev–Trinajstić information content (AvgIpc) is 3.19. The van der Waals surface area contributed by atoms with Crippen LogP contribution < -0.4 is 10.1 Å². The van der Waals surface area contributed by atoms with Crippen LogP contribution in [0.25, 0.3) is 0 Å². The number of rotatable bonds is 7. The second kappa shape index (κ2) is 11.8. The number of para-hydroxylation sites is 1. The molecule has 1 fully saturated rings. The number of benzene rings is 1. The van der Waals surface area contributed by atoms with Crippen molar-refractivity contribution in [2.75, 3.05) is 46.4 Å². The molecule has 1 aliphatic rings. The quantitative estimate of drug-likeness (QED) is 0.282. The van der Waals surface area contributed by atoms with Gasteiger partial charge < -0.3 is 19.5 Å². The molecule has 27 heavy (non-hydrogen) atoms. The lowest BCUT2D eigenvalue weighted by Crippen LogP contribution is -2.52. The van der Waals surface area contributed by atoms with Crippen LogP contribution in [0.1, 0.15) is 12.1 Å². The van der Waals surface area contributed by atoms with Crippen LogP contribution in [0, 0.1) is 0 Å². The van der Waals surface area contributed by atoms with Crippen molar-refractivity contribution in [3.8, 4) is 5.75 Å². The summed E-state index contributed by atoms with van der Waals surface area (Å²) in [6, 6.07) is 11.8. The standard InChI is InChI=1S/C19H27N5O2.HI/c1-20-19(21-9-5-14-25-18-6-3-2-4-7-18)24-12-10-23(11-13-24)16-17-8-15-26-22-17;/h2-4,6-8,15H,5,9-14,16H2,1H3,(H,20,21);1H. The maximum atomic E-state index is 5.72. The van der Waals surface area contributed by atoms with Crippen molar-refractivity contribution in [3.05, 3.63) is 48.4 Å². The number of ether oxygens (including phenoxy) is 1. The highest BCUT2D eigenvalue weighted by molar-refractivity contribution is 14.0. The molecular formula is C19H28IN5O2. The lowest BCUT2D eigenvalue weighted by Gasteiger charge is -2.36. The third-order valence-electron chi connectivity index (χ3n) is 4.38. The van der Waals surface area contributed by atoms with Crippen LogP contribution in [0.4, 0.5) is 0 Å². The minimum absolute atomic E-state index is 0. The van der Waals surface area contributed by atoms with Crippen molar-refractivity contribution >= 4 is 29.9 Å². The van der Waals surface area contributed by atoms with E-state index in [-0.39, 0.29) is 24.0 Å². The highest BCUT2D eigenvalue weighted by atomic mass is 127. The highest BCUT2D eigenvalue weighted by Gasteiger charge is 2.20. The van der Waals surface area contributed by atoms with E-state index in [1.54, 1.807) is 6.26 Å². The van der Waals surface area contributed by atoms with Crippen LogP contribution in [0.3, 0.4) is 0 Å². The zero-order valence-electron chi connectivity index (χ0n) is 15.7. The zero-order chi connectivity index (χ0) is 18.0. The molecule has 1 N–H and O–H groups in total. The van der Waals surface area contributed by atoms with Gasteiger partial charge in [0.1, 0.15) is 12.0 Å². The molecule has 1 saturated heterocycles. The fourth-order valence-electron chi connectivity index (χ4n) is 2.98. The Morgan fingerprint density at radius 3 is 2.63 bits per heavy atom. The number of nitrogens with one attached hydrogen (secondary N) is 1. The summed E-state index contributed by atoms with van der Waals surface area (Å²) in [5, 5.41) is 7.42. The predicted octanol–water partition coefficient (Wildman–Crippen LogP) is 2.45. The van der Waals surface area contributed by atoms with E-state index < -0.39 is 0 Å². The van der Waals surface area contributed by atoms with Crippen molar-refractivity contribution in [1.82, 2.24) is 20.3 Å². The molecule has 1 aromatic carbocycles. The number of aliphatic imine (C=N–C) groups is 1. The third-order valence-corrected chi connectivity index (χ3v) is 4.38. The Balaban J connectivity index is 0.00000261. The van der Waals surface area contributed by atoms with Crippen molar-refractivity contribution in [2.24, 2.45) is 4.99 Å². The Bertz CT molecular complexity index is 658. The number of piperazine rings is 1. The van der Waals surface area contributed by atoms with Crippen LogP contribution in [0.2, 0.25) is 0 Å². The summed E-state index contributed by atoms with van der Waals surface area (Å²) < 4.78 is 10.6. The first-order chi connectivity index (χ1) is 12.8. The Hall–Kier alpha value is -1.81. The molecule has 0 spiro atoms. The molecule has 2 heterocycles. The molecule has 0 bridgehead atoms. The number of halogens is 1. The summed E-state index contributed by atoms with van der Waals surface area (Å²) >= 11 is 0. The van der Waals surface area contributed by atoms with Gasteiger partial charge in [0.25, 0.3) is 0 Å². The molecule has 0 radical (unpaired) electrons. The molecule has 1 aliphatic heterocycles. The molecule has 1 aromatic heterocycles. The van der Waals surface area contributed by atoms with Crippen molar-refractivity contribution in [3.63, 3.8) is 0 Å². The van der Waals surface area contributed by atoms with E-state index in [9.17, 15) is 0 Å². The number of guanidine groups is 1. The first-order valence-corrected chi connectivity index (χ1v) is 9.10. The highest BCUT2D eigenvalue weighted by Crippen LogP contribution is 2.09. The number of hydrogen-bond donors (Lipinski definition) is 1. The molecule has 0 atom stereocenters. The topological polar surface area (TPSA) is 66.1 Å². The Kier molecular flexibility index (Phi) is 9.40. The van der Waals surface area contributed by atoms with Gasteiger partial charge in [-0.05, 0) is 18.6 Å². The molecule has 0 amide bonds. The van der Waals surface area contributed by atoms with Crippen LogP contribution in [0.15, 0.2) is 52.2 Å². The van der Waals surface area contributed by atoms with Crippen molar-refractivity contribution in [2.45, 2.75) is 13.0 Å². The summed E-state index contributed by atoms with van der Waals surface area (Å²) in [6.07, 6.45) is 2.55. The maximum absolute atomic E-state index is 5.72. The lowest BCUT2D eigenvalue weighted by molar-refractivity contribution is 0.169. The van der Waals surface area contributed by atoms with Crippen LogP contribution >= 0.6 is 24.0 Å². The zero-order valence-corrected chi connectivity index (χ0v) is 18.0. The van der Waals surface area contributed by atoms with Gasteiger partial charge in [-0.3, -0.25) is 9.89 Å². The van der Waals surface area contributed by atoms with E-state index in [1.807, 2.05) is 43.4 Å². The predicted molar refractivity (Wildman–Crippen MR) is 117 cm³/mol. The first kappa shape index (κ1) is 21.5. The largest absolute Gasteiger partial charge is 0.494 e. The van der Waals surface area contributed by atoms with Gasteiger partial charge in [0.15, 0.2) is 5.96 Å². The van der Waals surface area contributed by atoms with E-state index in [2.05, 4.69) is 25.3 Å². The van der Waals surface area contributed by atoms with E-state index in [0.29, 0.717) is 6.61 Å². The van der Waals surface area contributed by atoms with Crippen molar-refractivity contribution in [1.29, 1.82) is 0 Å². The Morgan fingerprint density at radius 2 is 1.96 bits per heavy atom. The van der Waals surface area contributed by atoms with Gasteiger partial charge in [0.2, 0.25) is 0 Å². The third kappa shape index (κ3) is 7.02. The summed E-state index contributed by atoms with van der Waals surface area (Å²) in [5.41, 5.74) is 0.986. The molecular weight excluding hydrogens is 457 g/mol. The maximum Gasteiger partial charge on any atom is 0.193 e. The molecule has 0 saturated carbocycles. The van der Waals surface area contributed by atoms with E-state index in [4.69, 9.17) is 9.26 Å². The Morgan fingerprint density at radius 1 is 1.19 bits per heavy atom. The van der Waals surface area contributed by atoms with E-state index in [0.717, 1.165) is 63.1 Å². The fraction of sp³-hybridized carbons (Fsp3) is 0.474. The second-order valence-electron chi connectivity index (χ2n) is 6.24. The number of nitrogens with zero attached hydrogens (tertiary/aromatic N) is 4. The normalized spacial score (nSPS) is 15.3. The summed E-state index contributed by atoms with van der Waals surface area (Å²) in [7, 11) is 1.84. The van der Waals surface area contributed by atoms with Gasteiger partial charge in [0.05, 0.1) is 12.3 Å². The molecule has 3 rings (SSSR count). The van der Waals surface area contributed by atoms with Crippen LogP contribution in [0.5, 0.6) is 5.75 Å². The lowest BCUT2D eigenvalue weighted by atomic mass is 10.3. The Labute approximate surface area is 177 Å². The summed E-state index contributed by atoms with van der Waals surface area (Å²) in [5.74, 6) is 1.88. The minimum Gasteiger partial charge on any atom is -0.494 e.